The van der Waals surface area contributed by atoms with Crippen LogP contribution in [0, 0.1) is 11.3 Å². The van der Waals surface area contributed by atoms with Crippen LogP contribution >= 0.6 is 23.2 Å². The lowest BCUT2D eigenvalue weighted by Crippen LogP contribution is -2.41. The summed E-state index contributed by atoms with van der Waals surface area (Å²) in [7, 11) is 0. The molecule has 1 aliphatic rings. The average Bonchev–Trinajstić information content (AvgIpc) is 3.11. The van der Waals surface area contributed by atoms with Crippen molar-refractivity contribution >= 4 is 35.2 Å². The number of morpholine rings is 1. The van der Waals surface area contributed by atoms with Gasteiger partial charge in [0.1, 0.15) is 23.2 Å². The summed E-state index contributed by atoms with van der Waals surface area (Å²) in [6.07, 6.45) is 1.44. The molecule has 0 N–H and O–H groups in total. The lowest BCUT2D eigenvalue weighted by molar-refractivity contribution is -0.130. The highest BCUT2D eigenvalue weighted by Gasteiger charge is 2.21. The van der Waals surface area contributed by atoms with E-state index in [-0.39, 0.29) is 11.5 Å². The summed E-state index contributed by atoms with van der Waals surface area (Å²) in [6, 6.07) is 10.5. The molecule has 1 aromatic carbocycles. The topological polar surface area (TPSA) is 66.5 Å². The first-order valence-electron chi connectivity index (χ1n) is 7.62. The summed E-state index contributed by atoms with van der Waals surface area (Å²) < 4.78 is 10.9. The maximum absolute atomic E-state index is 12.4. The predicted octanol–water partition coefficient (Wildman–Crippen LogP) is 4.02. The van der Waals surface area contributed by atoms with Crippen LogP contribution in [0.15, 0.2) is 40.3 Å². The van der Waals surface area contributed by atoms with Gasteiger partial charge in [-0.2, -0.15) is 5.26 Å². The van der Waals surface area contributed by atoms with Gasteiger partial charge in [0.25, 0.3) is 5.91 Å². The molecular weight excluding hydrogens is 363 g/mol. The number of nitrogens with zero attached hydrogens (tertiary/aromatic N) is 2. The van der Waals surface area contributed by atoms with Gasteiger partial charge >= 0.3 is 0 Å². The zero-order valence-electron chi connectivity index (χ0n) is 13.2. The van der Waals surface area contributed by atoms with Gasteiger partial charge in [0.2, 0.25) is 0 Å². The maximum Gasteiger partial charge on any atom is 0.264 e. The van der Waals surface area contributed by atoms with E-state index >= 15 is 0 Å². The van der Waals surface area contributed by atoms with E-state index in [0.717, 1.165) is 5.56 Å². The Morgan fingerprint density at radius 1 is 1.16 bits per heavy atom. The largest absolute Gasteiger partial charge is 0.457 e. The van der Waals surface area contributed by atoms with E-state index in [1.807, 2.05) is 6.07 Å². The Hall–Kier alpha value is -2.26. The number of halogens is 2. The van der Waals surface area contributed by atoms with Crippen molar-refractivity contribution < 1.29 is 13.9 Å². The molecule has 3 rings (SSSR count). The molecule has 0 spiro atoms. The Balaban J connectivity index is 1.82. The van der Waals surface area contributed by atoms with Crippen molar-refractivity contribution in [2.45, 2.75) is 0 Å². The minimum atomic E-state index is -0.321. The first-order chi connectivity index (χ1) is 12.1. The Morgan fingerprint density at radius 3 is 2.60 bits per heavy atom. The van der Waals surface area contributed by atoms with E-state index in [1.54, 1.807) is 35.2 Å². The number of hydrogen-bond acceptors (Lipinski definition) is 4. The Morgan fingerprint density at radius 2 is 1.92 bits per heavy atom. The predicted molar refractivity (Wildman–Crippen MR) is 95.2 cm³/mol. The summed E-state index contributed by atoms with van der Waals surface area (Å²) in [4.78, 5) is 14.0. The quantitative estimate of drug-likeness (QED) is 0.599. The Labute approximate surface area is 155 Å². The molecule has 1 aromatic heterocycles. The normalized spacial score (nSPS) is 15.1. The molecule has 25 heavy (non-hydrogen) atoms. The van der Waals surface area contributed by atoms with Crippen LogP contribution in [-0.4, -0.2) is 37.1 Å². The first kappa shape index (κ1) is 17.6. The summed E-state index contributed by atoms with van der Waals surface area (Å²) in [6.45, 7) is 1.91. The van der Waals surface area contributed by atoms with E-state index in [1.165, 1.54) is 6.08 Å². The van der Waals surface area contributed by atoms with Crippen molar-refractivity contribution in [3.05, 3.63) is 51.7 Å². The van der Waals surface area contributed by atoms with Crippen LogP contribution < -0.4 is 0 Å². The van der Waals surface area contributed by atoms with Crippen LogP contribution in [0.1, 0.15) is 5.76 Å². The molecule has 0 atom stereocenters. The molecule has 1 amide bonds. The monoisotopic (exact) mass is 376 g/mol. The molecule has 0 saturated carbocycles. The second-order valence-electron chi connectivity index (χ2n) is 5.41. The highest BCUT2D eigenvalue weighted by atomic mass is 35.5. The molecule has 0 unspecified atom stereocenters. The molecule has 7 heteroatoms. The van der Waals surface area contributed by atoms with Gasteiger partial charge in [-0.3, -0.25) is 4.79 Å². The van der Waals surface area contributed by atoms with Gasteiger partial charge in [0, 0.05) is 24.7 Å². The third-order valence-electron chi connectivity index (χ3n) is 3.77. The molecule has 1 aliphatic heterocycles. The summed E-state index contributed by atoms with van der Waals surface area (Å²) >= 11 is 11.9. The number of carbonyl (C=O) groups excluding carboxylic acids is 1. The third kappa shape index (κ3) is 4.05. The van der Waals surface area contributed by atoms with Gasteiger partial charge < -0.3 is 14.1 Å². The summed E-state index contributed by atoms with van der Waals surface area (Å²) in [5, 5.41) is 10.2. The molecule has 128 valence electrons. The van der Waals surface area contributed by atoms with E-state index in [2.05, 4.69) is 0 Å². The van der Waals surface area contributed by atoms with Crippen molar-refractivity contribution in [3.63, 3.8) is 0 Å². The highest BCUT2D eigenvalue weighted by molar-refractivity contribution is 6.42. The van der Waals surface area contributed by atoms with Crippen molar-refractivity contribution in [2.75, 3.05) is 26.3 Å². The standard InChI is InChI=1S/C18H14Cl2N2O3/c19-15-3-1-12(10-16(15)20)17-4-2-14(25-17)9-13(11-21)18(23)22-5-7-24-8-6-22/h1-4,9-10H,5-8H2. The summed E-state index contributed by atoms with van der Waals surface area (Å²) in [5.41, 5.74) is 0.781. The minimum absolute atomic E-state index is 0.0249. The lowest BCUT2D eigenvalue weighted by Gasteiger charge is -2.26. The SMILES string of the molecule is N#CC(=Cc1ccc(-c2ccc(Cl)c(Cl)c2)o1)C(=O)N1CCOCC1. The van der Waals surface area contributed by atoms with E-state index in [0.29, 0.717) is 47.9 Å². The number of carbonyl (C=O) groups is 1. The van der Waals surface area contributed by atoms with Crippen LogP contribution in [0.4, 0.5) is 0 Å². The van der Waals surface area contributed by atoms with Crippen LogP contribution in [0.5, 0.6) is 0 Å². The zero-order valence-corrected chi connectivity index (χ0v) is 14.7. The fraction of sp³-hybridized carbons (Fsp3) is 0.222. The second-order valence-corrected chi connectivity index (χ2v) is 6.22. The highest BCUT2D eigenvalue weighted by Crippen LogP contribution is 2.30. The number of rotatable bonds is 3. The lowest BCUT2D eigenvalue weighted by atomic mass is 10.2. The second kappa shape index (κ2) is 7.75. The van der Waals surface area contributed by atoms with Crippen LogP contribution in [0.3, 0.4) is 0 Å². The molecular formula is C18H14Cl2N2O3. The van der Waals surface area contributed by atoms with Gasteiger partial charge in [-0.05, 0) is 30.3 Å². The van der Waals surface area contributed by atoms with E-state index in [4.69, 9.17) is 32.4 Å². The molecule has 1 saturated heterocycles. The molecule has 0 bridgehead atoms. The Kier molecular flexibility index (Phi) is 5.44. The first-order valence-corrected chi connectivity index (χ1v) is 8.38. The van der Waals surface area contributed by atoms with Crippen LogP contribution in [0.2, 0.25) is 10.0 Å². The van der Waals surface area contributed by atoms with Crippen molar-refractivity contribution in [1.82, 2.24) is 4.90 Å². The zero-order chi connectivity index (χ0) is 17.8. The van der Waals surface area contributed by atoms with E-state index < -0.39 is 0 Å². The van der Waals surface area contributed by atoms with Crippen molar-refractivity contribution in [1.29, 1.82) is 5.26 Å². The van der Waals surface area contributed by atoms with Gasteiger partial charge in [-0.25, -0.2) is 0 Å². The van der Waals surface area contributed by atoms with Gasteiger partial charge in [0.05, 0.1) is 23.3 Å². The van der Waals surface area contributed by atoms with Crippen molar-refractivity contribution in [2.24, 2.45) is 0 Å². The average molecular weight is 377 g/mol. The molecule has 2 aromatic rings. The summed E-state index contributed by atoms with van der Waals surface area (Å²) in [5.74, 6) is 0.665. The number of hydrogen-bond donors (Lipinski definition) is 0. The van der Waals surface area contributed by atoms with Gasteiger partial charge in [-0.15, -0.1) is 0 Å². The molecule has 0 aliphatic carbocycles. The fourth-order valence-corrected chi connectivity index (χ4v) is 2.75. The molecule has 2 heterocycles. The van der Waals surface area contributed by atoms with Gasteiger partial charge in [0.15, 0.2) is 0 Å². The molecule has 0 radical (unpaired) electrons. The smallest absolute Gasteiger partial charge is 0.264 e. The third-order valence-corrected chi connectivity index (χ3v) is 4.51. The number of ether oxygens (including phenoxy) is 1. The van der Waals surface area contributed by atoms with Crippen LogP contribution in [0.25, 0.3) is 17.4 Å². The number of amides is 1. The number of benzene rings is 1. The minimum Gasteiger partial charge on any atom is -0.457 e. The fourth-order valence-electron chi connectivity index (χ4n) is 2.46. The molecule has 5 nitrogen and oxygen atoms in total. The van der Waals surface area contributed by atoms with E-state index in [9.17, 15) is 10.1 Å². The Bertz CT molecular complexity index is 861. The van der Waals surface area contributed by atoms with Crippen molar-refractivity contribution in [3.8, 4) is 17.4 Å². The maximum atomic E-state index is 12.4. The van der Waals surface area contributed by atoms with Crippen LogP contribution in [-0.2, 0) is 9.53 Å². The molecule has 1 fully saturated rings. The number of furan rings is 1. The number of nitriles is 1. The van der Waals surface area contributed by atoms with Gasteiger partial charge in [-0.1, -0.05) is 23.2 Å².